The highest BCUT2D eigenvalue weighted by Gasteiger charge is 2.15. The molecule has 2 aliphatic rings. The highest BCUT2D eigenvalue weighted by atomic mass is 14.9. The highest BCUT2D eigenvalue weighted by Crippen LogP contribution is 2.27. The molecule has 1 aromatic carbocycles. The second-order valence-electron chi connectivity index (χ2n) is 6.99. The summed E-state index contributed by atoms with van der Waals surface area (Å²) in [5.74, 6) is 0. The lowest BCUT2D eigenvalue weighted by molar-refractivity contribution is 0.462. The predicted molar refractivity (Wildman–Crippen MR) is 92.2 cm³/mol. The van der Waals surface area contributed by atoms with Gasteiger partial charge in [0.1, 0.15) is 0 Å². The standard InChI is InChI=1S/C19H30N2/c1-15-14-18(20-16-8-4-2-5-9-16)12-13-19(15)21-17-10-6-3-7-11-17/h12-14,16-17,20-21H,2-11H2,1H3. The van der Waals surface area contributed by atoms with Gasteiger partial charge in [0.15, 0.2) is 0 Å². The molecule has 0 aliphatic heterocycles. The van der Waals surface area contributed by atoms with E-state index in [9.17, 15) is 0 Å². The van der Waals surface area contributed by atoms with Crippen LogP contribution >= 0.6 is 0 Å². The van der Waals surface area contributed by atoms with E-state index < -0.39 is 0 Å². The molecule has 2 N–H and O–H groups in total. The Bertz CT molecular complexity index is 443. The summed E-state index contributed by atoms with van der Waals surface area (Å²) >= 11 is 0. The van der Waals surface area contributed by atoms with E-state index in [-0.39, 0.29) is 0 Å². The van der Waals surface area contributed by atoms with Crippen molar-refractivity contribution in [3.8, 4) is 0 Å². The molecule has 2 aliphatic carbocycles. The van der Waals surface area contributed by atoms with Gasteiger partial charge in [-0.1, -0.05) is 38.5 Å². The monoisotopic (exact) mass is 286 g/mol. The van der Waals surface area contributed by atoms with E-state index in [4.69, 9.17) is 0 Å². The Morgan fingerprint density at radius 2 is 1.33 bits per heavy atom. The van der Waals surface area contributed by atoms with Crippen LogP contribution in [0.1, 0.15) is 69.8 Å². The predicted octanol–water partition coefficient (Wildman–Crippen LogP) is 5.48. The molecule has 21 heavy (non-hydrogen) atoms. The van der Waals surface area contributed by atoms with Gasteiger partial charge in [-0.3, -0.25) is 0 Å². The van der Waals surface area contributed by atoms with Crippen LogP contribution in [0.2, 0.25) is 0 Å². The maximum absolute atomic E-state index is 3.75. The lowest BCUT2D eigenvalue weighted by Crippen LogP contribution is -2.23. The lowest BCUT2D eigenvalue weighted by Gasteiger charge is -2.26. The van der Waals surface area contributed by atoms with Crippen molar-refractivity contribution in [2.45, 2.75) is 83.2 Å². The second-order valence-corrected chi connectivity index (χ2v) is 6.99. The van der Waals surface area contributed by atoms with Gasteiger partial charge in [-0.25, -0.2) is 0 Å². The molecular formula is C19H30N2. The van der Waals surface area contributed by atoms with Gasteiger partial charge >= 0.3 is 0 Å². The molecule has 2 saturated carbocycles. The van der Waals surface area contributed by atoms with Crippen molar-refractivity contribution in [2.24, 2.45) is 0 Å². The summed E-state index contributed by atoms with van der Waals surface area (Å²) in [4.78, 5) is 0. The average Bonchev–Trinajstić information content (AvgIpc) is 2.52. The smallest absolute Gasteiger partial charge is 0.0373 e. The first-order chi connectivity index (χ1) is 10.3. The number of rotatable bonds is 4. The highest BCUT2D eigenvalue weighted by molar-refractivity contribution is 5.59. The summed E-state index contributed by atoms with van der Waals surface area (Å²) in [5.41, 5.74) is 4.01. The number of benzene rings is 1. The molecule has 0 unspecified atom stereocenters. The summed E-state index contributed by atoms with van der Waals surface area (Å²) in [7, 11) is 0. The van der Waals surface area contributed by atoms with E-state index in [1.807, 2.05) is 0 Å². The third kappa shape index (κ3) is 4.15. The van der Waals surface area contributed by atoms with Crippen molar-refractivity contribution in [3.05, 3.63) is 23.8 Å². The van der Waals surface area contributed by atoms with Gasteiger partial charge in [0.2, 0.25) is 0 Å². The quantitative estimate of drug-likeness (QED) is 0.765. The molecule has 2 nitrogen and oxygen atoms in total. The number of nitrogens with one attached hydrogen (secondary N) is 2. The van der Waals surface area contributed by atoms with Crippen molar-refractivity contribution in [3.63, 3.8) is 0 Å². The van der Waals surface area contributed by atoms with Crippen LogP contribution in [0.5, 0.6) is 0 Å². The maximum atomic E-state index is 3.75. The molecule has 0 atom stereocenters. The van der Waals surface area contributed by atoms with Crippen molar-refractivity contribution in [1.82, 2.24) is 0 Å². The van der Waals surface area contributed by atoms with Crippen LogP contribution in [0.25, 0.3) is 0 Å². The molecule has 0 spiro atoms. The number of anilines is 2. The zero-order valence-electron chi connectivity index (χ0n) is 13.5. The van der Waals surface area contributed by atoms with E-state index in [1.54, 1.807) is 0 Å². The van der Waals surface area contributed by atoms with Gasteiger partial charge < -0.3 is 10.6 Å². The van der Waals surface area contributed by atoms with Crippen LogP contribution in [-0.4, -0.2) is 12.1 Å². The van der Waals surface area contributed by atoms with Crippen LogP contribution in [0, 0.1) is 6.92 Å². The summed E-state index contributed by atoms with van der Waals surface area (Å²) < 4.78 is 0. The second kappa shape index (κ2) is 7.20. The van der Waals surface area contributed by atoms with Gasteiger partial charge in [-0.2, -0.15) is 0 Å². The number of aryl methyl sites for hydroxylation is 1. The summed E-state index contributed by atoms with van der Waals surface area (Å²) in [6.07, 6.45) is 13.7. The first kappa shape index (κ1) is 14.7. The topological polar surface area (TPSA) is 24.1 Å². The van der Waals surface area contributed by atoms with Crippen molar-refractivity contribution in [1.29, 1.82) is 0 Å². The Kier molecular flexibility index (Phi) is 5.05. The molecular weight excluding hydrogens is 256 g/mol. The zero-order chi connectivity index (χ0) is 14.5. The van der Waals surface area contributed by atoms with Gasteiger partial charge in [0, 0.05) is 23.5 Å². The Balaban J connectivity index is 1.59. The maximum Gasteiger partial charge on any atom is 0.0373 e. The zero-order valence-corrected chi connectivity index (χ0v) is 13.5. The molecule has 0 saturated heterocycles. The Morgan fingerprint density at radius 3 is 1.90 bits per heavy atom. The minimum absolute atomic E-state index is 0.689. The molecule has 0 amide bonds. The van der Waals surface area contributed by atoms with Crippen molar-refractivity contribution < 1.29 is 0 Å². The van der Waals surface area contributed by atoms with Crippen LogP contribution in [-0.2, 0) is 0 Å². The Labute approximate surface area is 129 Å². The average molecular weight is 286 g/mol. The van der Waals surface area contributed by atoms with Crippen LogP contribution < -0.4 is 10.6 Å². The molecule has 3 rings (SSSR count). The molecule has 116 valence electrons. The van der Waals surface area contributed by atoms with E-state index in [1.165, 1.54) is 81.1 Å². The van der Waals surface area contributed by atoms with Gasteiger partial charge in [-0.05, 0) is 56.4 Å². The van der Waals surface area contributed by atoms with E-state index in [2.05, 4.69) is 35.8 Å². The molecule has 1 aromatic rings. The third-order valence-electron chi connectivity index (χ3n) is 5.17. The van der Waals surface area contributed by atoms with E-state index >= 15 is 0 Å². The lowest BCUT2D eigenvalue weighted by atomic mass is 9.94. The van der Waals surface area contributed by atoms with Gasteiger partial charge in [0.05, 0.1) is 0 Å². The molecule has 0 radical (unpaired) electrons. The minimum atomic E-state index is 0.689. The Morgan fingerprint density at radius 1 is 0.762 bits per heavy atom. The van der Waals surface area contributed by atoms with Gasteiger partial charge in [-0.15, -0.1) is 0 Å². The first-order valence-electron chi connectivity index (χ1n) is 8.95. The van der Waals surface area contributed by atoms with Gasteiger partial charge in [0.25, 0.3) is 0 Å². The van der Waals surface area contributed by atoms with Crippen molar-refractivity contribution in [2.75, 3.05) is 10.6 Å². The first-order valence-corrected chi connectivity index (χ1v) is 8.95. The Hall–Kier alpha value is -1.18. The molecule has 2 heteroatoms. The fourth-order valence-electron chi connectivity index (χ4n) is 3.86. The SMILES string of the molecule is Cc1cc(NC2CCCCC2)ccc1NC1CCCCC1. The van der Waals surface area contributed by atoms with Crippen molar-refractivity contribution >= 4 is 11.4 Å². The third-order valence-corrected chi connectivity index (χ3v) is 5.17. The van der Waals surface area contributed by atoms with E-state index in [0.717, 1.165) is 0 Å². The number of hydrogen-bond donors (Lipinski definition) is 2. The fourth-order valence-corrected chi connectivity index (χ4v) is 3.86. The van der Waals surface area contributed by atoms with Crippen LogP contribution in [0.15, 0.2) is 18.2 Å². The van der Waals surface area contributed by atoms with Crippen LogP contribution in [0.3, 0.4) is 0 Å². The summed E-state index contributed by atoms with van der Waals surface area (Å²) in [6.45, 7) is 2.23. The molecule has 0 heterocycles. The number of hydrogen-bond acceptors (Lipinski definition) is 2. The summed E-state index contributed by atoms with van der Waals surface area (Å²) in [5, 5.41) is 7.48. The molecule has 0 aromatic heterocycles. The van der Waals surface area contributed by atoms with E-state index in [0.29, 0.717) is 12.1 Å². The normalized spacial score (nSPS) is 21.2. The molecule has 0 bridgehead atoms. The molecule has 2 fully saturated rings. The summed E-state index contributed by atoms with van der Waals surface area (Å²) in [6, 6.07) is 8.23. The minimum Gasteiger partial charge on any atom is -0.382 e. The largest absolute Gasteiger partial charge is 0.382 e. The van der Waals surface area contributed by atoms with Crippen LogP contribution in [0.4, 0.5) is 11.4 Å². The fraction of sp³-hybridized carbons (Fsp3) is 0.684.